The molecule has 0 bridgehead atoms. The van der Waals surface area contributed by atoms with Crippen LogP contribution in [0.3, 0.4) is 0 Å². The van der Waals surface area contributed by atoms with Gasteiger partial charge in [-0.05, 0) is 25.8 Å². The quantitative estimate of drug-likeness (QED) is 0.576. The molecule has 1 rings (SSSR count). The van der Waals surface area contributed by atoms with Gasteiger partial charge < -0.3 is 20.3 Å². The van der Waals surface area contributed by atoms with Gasteiger partial charge in [0.05, 0.1) is 31.2 Å². The molecule has 6 heteroatoms. The van der Waals surface area contributed by atoms with Crippen molar-refractivity contribution in [1.82, 2.24) is 5.32 Å². The van der Waals surface area contributed by atoms with Crippen molar-refractivity contribution < 1.29 is 24.5 Å². The molecule has 1 unspecified atom stereocenters. The van der Waals surface area contributed by atoms with Crippen molar-refractivity contribution in [3.8, 4) is 0 Å². The van der Waals surface area contributed by atoms with Crippen molar-refractivity contribution in [2.75, 3.05) is 26.4 Å². The molecule has 0 spiro atoms. The molecule has 23 heavy (non-hydrogen) atoms. The summed E-state index contributed by atoms with van der Waals surface area (Å²) in [6.07, 6.45) is 0.439. The van der Waals surface area contributed by atoms with Crippen molar-refractivity contribution in [2.45, 2.75) is 20.3 Å². The second kappa shape index (κ2) is 9.27. The third-order valence-corrected chi connectivity index (χ3v) is 3.70. The number of nitrogens with one attached hydrogen (secondary N) is 1. The molecule has 0 aliphatic rings. The first-order chi connectivity index (χ1) is 11.0. The van der Waals surface area contributed by atoms with Gasteiger partial charge in [-0.25, -0.2) is 0 Å². The van der Waals surface area contributed by atoms with E-state index in [9.17, 15) is 19.8 Å². The van der Waals surface area contributed by atoms with Gasteiger partial charge in [0.15, 0.2) is 0 Å². The lowest BCUT2D eigenvalue weighted by Gasteiger charge is -2.25. The Kier molecular flexibility index (Phi) is 7.71. The molecule has 0 heterocycles. The molecule has 1 amide bonds. The number of rotatable bonds is 9. The summed E-state index contributed by atoms with van der Waals surface area (Å²) in [6.45, 7) is 2.59. The topological polar surface area (TPSA) is 95.9 Å². The van der Waals surface area contributed by atoms with Gasteiger partial charge in [0.2, 0.25) is 5.91 Å². The van der Waals surface area contributed by atoms with Crippen molar-refractivity contribution in [2.24, 2.45) is 11.3 Å². The number of carbonyl (C=O) groups excluding carboxylic acids is 2. The Hall–Kier alpha value is -1.92. The summed E-state index contributed by atoms with van der Waals surface area (Å²) >= 11 is 0. The minimum absolute atomic E-state index is 0.0855. The summed E-state index contributed by atoms with van der Waals surface area (Å²) in [4.78, 5) is 24.2. The number of hydrogen-bond acceptors (Lipinski definition) is 5. The van der Waals surface area contributed by atoms with Crippen LogP contribution in [0.4, 0.5) is 0 Å². The number of aliphatic hydroxyl groups is 2. The maximum Gasteiger partial charge on any atom is 0.311 e. The summed E-state index contributed by atoms with van der Waals surface area (Å²) < 4.78 is 5.06. The van der Waals surface area contributed by atoms with E-state index in [0.717, 1.165) is 5.56 Å². The SMILES string of the molecule is CCOC(=O)C(CNC(=O)C(C)(CO)CO)Cc1ccccc1. The molecule has 1 aromatic rings. The van der Waals surface area contributed by atoms with Crippen LogP contribution in [0.25, 0.3) is 0 Å². The van der Waals surface area contributed by atoms with Gasteiger partial charge in [-0.3, -0.25) is 9.59 Å². The van der Waals surface area contributed by atoms with Crippen molar-refractivity contribution >= 4 is 11.9 Å². The highest BCUT2D eigenvalue weighted by Crippen LogP contribution is 2.15. The van der Waals surface area contributed by atoms with Crippen molar-refractivity contribution in [3.05, 3.63) is 35.9 Å². The Labute approximate surface area is 136 Å². The number of aliphatic hydroxyl groups excluding tert-OH is 2. The zero-order valence-electron chi connectivity index (χ0n) is 13.6. The molecule has 0 fully saturated rings. The average Bonchev–Trinajstić information content (AvgIpc) is 2.58. The van der Waals surface area contributed by atoms with E-state index in [-0.39, 0.29) is 19.1 Å². The zero-order chi connectivity index (χ0) is 17.3. The lowest BCUT2D eigenvalue weighted by atomic mass is 9.91. The predicted molar refractivity (Wildman–Crippen MR) is 85.6 cm³/mol. The fraction of sp³-hybridized carbons (Fsp3) is 0.529. The van der Waals surface area contributed by atoms with Gasteiger partial charge in [0.1, 0.15) is 0 Å². The first-order valence-electron chi connectivity index (χ1n) is 7.67. The summed E-state index contributed by atoms with van der Waals surface area (Å²) in [5, 5.41) is 21.1. The van der Waals surface area contributed by atoms with Crippen LogP contribution in [0.1, 0.15) is 19.4 Å². The molecule has 3 N–H and O–H groups in total. The Balaban J connectivity index is 2.74. The van der Waals surface area contributed by atoms with E-state index < -0.39 is 30.5 Å². The fourth-order valence-electron chi connectivity index (χ4n) is 2.02. The first-order valence-corrected chi connectivity index (χ1v) is 7.67. The second-order valence-electron chi connectivity index (χ2n) is 5.73. The lowest BCUT2D eigenvalue weighted by Crippen LogP contribution is -2.46. The normalized spacial score (nSPS) is 12.5. The highest BCUT2D eigenvalue weighted by molar-refractivity contribution is 5.83. The van der Waals surface area contributed by atoms with E-state index in [1.54, 1.807) is 6.92 Å². The first kappa shape index (κ1) is 19.1. The highest BCUT2D eigenvalue weighted by atomic mass is 16.5. The van der Waals surface area contributed by atoms with Crippen LogP contribution in [0, 0.1) is 11.3 Å². The molecule has 6 nitrogen and oxygen atoms in total. The number of esters is 1. The van der Waals surface area contributed by atoms with E-state index in [0.29, 0.717) is 6.42 Å². The van der Waals surface area contributed by atoms with Gasteiger partial charge in [-0.15, -0.1) is 0 Å². The fourth-order valence-corrected chi connectivity index (χ4v) is 2.02. The molecule has 1 atom stereocenters. The standard InChI is InChI=1S/C17H25NO5/c1-3-23-15(21)14(9-13-7-5-4-6-8-13)10-18-16(22)17(2,11-19)12-20/h4-8,14,19-20H,3,9-12H2,1-2H3,(H,18,22). The van der Waals surface area contributed by atoms with Crippen LogP contribution in [-0.2, 0) is 20.7 Å². The predicted octanol–water partition coefficient (Wildman–Crippen LogP) is 0.516. The Morgan fingerprint density at radius 3 is 2.35 bits per heavy atom. The highest BCUT2D eigenvalue weighted by Gasteiger charge is 2.32. The van der Waals surface area contributed by atoms with Gasteiger partial charge in [0.25, 0.3) is 0 Å². The van der Waals surface area contributed by atoms with Crippen LogP contribution < -0.4 is 5.32 Å². The van der Waals surface area contributed by atoms with Crippen molar-refractivity contribution in [3.63, 3.8) is 0 Å². The third kappa shape index (κ3) is 5.65. The molecule has 1 aromatic carbocycles. The average molecular weight is 323 g/mol. The minimum Gasteiger partial charge on any atom is -0.466 e. The number of carbonyl (C=O) groups is 2. The van der Waals surface area contributed by atoms with Crippen LogP contribution in [-0.4, -0.2) is 48.5 Å². The molecule has 0 aliphatic heterocycles. The minimum atomic E-state index is -1.27. The van der Waals surface area contributed by atoms with Gasteiger partial charge in [-0.2, -0.15) is 0 Å². The number of hydrogen-bond donors (Lipinski definition) is 3. The monoisotopic (exact) mass is 323 g/mol. The van der Waals surface area contributed by atoms with E-state index in [2.05, 4.69) is 5.32 Å². The number of benzene rings is 1. The maximum atomic E-state index is 12.1. The summed E-state index contributed by atoms with van der Waals surface area (Å²) in [5.74, 6) is -1.40. The number of ether oxygens (including phenoxy) is 1. The van der Waals surface area contributed by atoms with E-state index in [4.69, 9.17) is 4.74 Å². The number of amides is 1. The summed E-state index contributed by atoms with van der Waals surface area (Å²) in [7, 11) is 0. The van der Waals surface area contributed by atoms with E-state index >= 15 is 0 Å². The largest absolute Gasteiger partial charge is 0.466 e. The molecule has 0 saturated heterocycles. The Morgan fingerprint density at radius 1 is 1.22 bits per heavy atom. The van der Waals surface area contributed by atoms with Crippen LogP contribution >= 0.6 is 0 Å². The van der Waals surface area contributed by atoms with Crippen LogP contribution in [0.2, 0.25) is 0 Å². The molecule has 0 aliphatic carbocycles. The smallest absolute Gasteiger partial charge is 0.311 e. The molecule has 128 valence electrons. The van der Waals surface area contributed by atoms with Crippen LogP contribution in [0.15, 0.2) is 30.3 Å². The van der Waals surface area contributed by atoms with Crippen molar-refractivity contribution in [1.29, 1.82) is 0 Å². The van der Waals surface area contributed by atoms with Gasteiger partial charge in [-0.1, -0.05) is 30.3 Å². The summed E-state index contributed by atoms with van der Waals surface area (Å²) in [6, 6.07) is 9.45. The molecular weight excluding hydrogens is 298 g/mol. The molecule has 0 saturated carbocycles. The third-order valence-electron chi connectivity index (χ3n) is 3.70. The maximum absolute atomic E-state index is 12.1. The van der Waals surface area contributed by atoms with E-state index in [1.165, 1.54) is 6.92 Å². The molecular formula is C17H25NO5. The summed E-state index contributed by atoms with van der Waals surface area (Å²) in [5.41, 5.74) is -0.307. The zero-order valence-corrected chi connectivity index (χ0v) is 13.6. The van der Waals surface area contributed by atoms with E-state index in [1.807, 2.05) is 30.3 Å². The Bertz CT molecular complexity index is 499. The lowest BCUT2D eigenvalue weighted by molar-refractivity contribution is -0.148. The molecule has 0 aromatic heterocycles. The van der Waals surface area contributed by atoms with Gasteiger partial charge in [0, 0.05) is 6.54 Å². The second-order valence-corrected chi connectivity index (χ2v) is 5.73. The molecule has 0 radical (unpaired) electrons. The van der Waals surface area contributed by atoms with Gasteiger partial charge >= 0.3 is 5.97 Å². The Morgan fingerprint density at radius 2 is 1.83 bits per heavy atom. The van der Waals surface area contributed by atoms with Crippen LogP contribution in [0.5, 0.6) is 0 Å².